The van der Waals surface area contributed by atoms with E-state index in [1.54, 1.807) is 48.5 Å². The molecule has 0 fully saturated rings. The molecule has 7 heteroatoms. The standard InChI is InChI=1S/C30H18O7/c31-17-26-24-15-20(29(34)36-27(32)18-7-3-1-4-8-18)11-13-22(24)23-14-12-21(16-25(23)26)30(35)37-28(33)19-9-5-2-6-10-19/h1-17,26H. The van der Waals surface area contributed by atoms with E-state index in [0.717, 1.165) is 0 Å². The highest BCUT2D eigenvalue weighted by Crippen LogP contribution is 2.44. The molecule has 0 amide bonds. The topological polar surface area (TPSA) is 104 Å². The average molecular weight is 490 g/mol. The molecule has 180 valence electrons. The van der Waals surface area contributed by atoms with Gasteiger partial charge in [-0.2, -0.15) is 0 Å². The van der Waals surface area contributed by atoms with Crippen LogP contribution in [0, 0.1) is 0 Å². The molecule has 1 aliphatic carbocycles. The average Bonchev–Trinajstić information content (AvgIpc) is 3.25. The quantitative estimate of drug-likeness (QED) is 0.220. The van der Waals surface area contributed by atoms with Gasteiger partial charge in [0.25, 0.3) is 0 Å². The van der Waals surface area contributed by atoms with Gasteiger partial charge in [-0.15, -0.1) is 0 Å². The molecule has 4 aromatic carbocycles. The van der Waals surface area contributed by atoms with Gasteiger partial charge in [0.15, 0.2) is 0 Å². The molecule has 1 aliphatic rings. The maximum Gasteiger partial charge on any atom is 0.346 e. The zero-order valence-electron chi connectivity index (χ0n) is 19.3. The van der Waals surface area contributed by atoms with Gasteiger partial charge in [-0.05, 0) is 70.8 Å². The second kappa shape index (κ2) is 9.83. The lowest BCUT2D eigenvalue weighted by Gasteiger charge is -2.08. The van der Waals surface area contributed by atoms with Crippen molar-refractivity contribution in [2.24, 2.45) is 0 Å². The number of fused-ring (bicyclic) bond motifs is 3. The summed E-state index contributed by atoms with van der Waals surface area (Å²) in [6.07, 6.45) is 0.707. The van der Waals surface area contributed by atoms with Crippen LogP contribution in [0.1, 0.15) is 58.5 Å². The third-order valence-electron chi connectivity index (χ3n) is 6.06. The molecule has 0 aliphatic heterocycles. The van der Waals surface area contributed by atoms with Gasteiger partial charge in [0.05, 0.1) is 28.2 Å². The fourth-order valence-corrected chi connectivity index (χ4v) is 4.25. The van der Waals surface area contributed by atoms with Crippen LogP contribution in [0.5, 0.6) is 0 Å². The van der Waals surface area contributed by atoms with Crippen molar-refractivity contribution in [1.82, 2.24) is 0 Å². The zero-order chi connectivity index (χ0) is 25.9. The molecule has 5 rings (SSSR count). The Morgan fingerprint density at radius 3 is 1.27 bits per heavy atom. The molecule has 7 nitrogen and oxygen atoms in total. The predicted octanol–water partition coefficient (Wildman–Crippen LogP) is 4.99. The first kappa shape index (κ1) is 23.6. The number of carbonyl (C=O) groups is 5. The number of esters is 4. The van der Waals surface area contributed by atoms with E-state index in [2.05, 4.69) is 0 Å². The zero-order valence-corrected chi connectivity index (χ0v) is 19.3. The smallest absolute Gasteiger partial charge is 0.346 e. The SMILES string of the molecule is O=CC1c2cc(C(=O)OC(=O)c3ccccc3)ccc2-c2ccc(C(=O)OC(=O)c3ccccc3)cc21. The van der Waals surface area contributed by atoms with Crippen LogP contribution in [-0.2, 0) is 14.3 Å². The van der Waals surface area contributed by atoms with Crippen molar-refractivity contribution < 1.29 is 33.4 Å². The first-order valence-electron chi connectivity index (χ1n) is 11.3. The van der Waals surface area contributed by atoms with E-state index in [0.29, 0.717) is 28.5 Å². The van der Waals surface area contributed by atoms with Crippen molar-refractivity contribution in [1.29, 1.82) is 0 Å². The van der Waals surface area contributed by atoms with Crippen molar-refractivity contribution in [2.45, 2.75) is 5.92 Å². The second-order valence-electron chi connectivity index (χ2n) is 8.30. The van der Waals surface area contributed by atoms with E-state index in [4.69, 9.17) is 9.47 Å². The maximum absolute atomic E-state index is 12.6. The number of carbonyl (C=O) groups excluding carboxylic acids is 5. The molecule has 4 aromatic rings. The minimum Gasteiger partial charge on any atom is -0.386 e. The molecule has 37 heavy (non-hydrogen) atoms. The summed E-state index contributed by atoms with van der Waals surface area (Å²) in [6.45, 7) is 0. The third kappa shape index (κ3) is 4.58. The summed E-state index contributed by atoms with van der Waals surface area (Å²) in [5.41, 5.74) is 3.18. The van der Waals surface area contributed by atoms with Crippen LogP contribution in [-0.4, -0.2) is 30.2 Å². The number of rotatable bonds is 5. The summed E-state index contributed by atoms with van der Waals surface area (Å²) < 4.78 is 9.99. The minimum absolute atomic E-state index is 0.107. The van der Waals surface area contributed by atoms with Crippen LogP contribution in [0.15, 0.2) is 97.1 Å². The number of hydrogen-bond donors (Lipinski definition) is 0. The molecule has 0 bridgehead atoms. The Hall–Kier alpha value is -5.17. The van der Waals surface area contributed by atoms with E-state index < -0.39 is 29.8 Å². The van der Waals surface area contributed by atoms with Crippen LogP contribution in [0.3, 0.4) is 0 Å². The first-order valence-corrected chi connectivity index (χ1v) is 11.3. The Morgan fingerprint density at radius 1 is 0.514 bits per heavy atom. The van der Waals surface area contributed by atoms with E-state index in [-0.39, 0.29) is 22.3 Å². The normalized spacial score (nSPS) is 11.7. The maximum atomic E-state index is 12.6. The van der Waals surface area contributed by atoms with E-state index >= 15 is 0 Å². The number of hydrogen-bond acceptors (Lipinski definition) is 7. The molecule has 0 radical (unpaired) electrons. The van der Waals surface area contributed by atoms with Crippen molar-refractivity contribution in [3.05, 3.63) is 130 Å². The highest BCUT2D eigenvalue weighted by Gasteiger charge is 2.31. The van der Waals surface area contributed by atoms with Crippen molar-refractivity contribution in [3.63, 3.8) is 0 Å². The van der Waals surface area contributed by atoms with Gasteiger partial charge in [-0.25, -0.2) is 19.2 Å². The summed E-state index contributed by atoms with van der Waals surface area (Å²) in [5.74, 6) is -4.02. The van der Waals surface area contributed by atoms with Crippen LogP contribution in [0.2, 0.25) is 0 Å². The van der Waals surface area contributed by atoms with Crippen molar-refractivity contribution >= 4 is 30.2 Å². The van der Waals surface area contributed by atoms with Gasteiger partial charge in [-0.3, -0.25) is 0 Å². The molecule has 0 spiro atoms. The van der Waals surface area contributed by atoms with Crippen LogP contribution < -0.4 is 0 Å². The molecule has 0 unspecified atom stereocenters. The van der Waals surface area contributed by atoms with Crippen LogP contribution >= 0.6 is 0 Å². The molecule has 0 aromatic heterocycles. The molecule has 0 heterocycles. The molecular weight excluding hydrogens is 472 g/mol. The summed E-state index contributed by atoms with van der Waals surface area (Å²) in [4.78, 5) is 61.9. The number of ether oxygens (including phenoxy) is 2. The van der Waals surface area contributed by atoms with Gasteiger partial charge in [-0.1, -0.05) is 48.5 Å². The number of benzene rings is 4. The lowest BCUT2D eigenvalue weighted by molar-refractivity contribution is -0.108. The van der Waals surface area contributed by atoms with E-state index in [1.165, 1.54) is 48.5 Å². The predicted molar refractivity (Wildman–Crippen MR) is 132 cm³/mol. The largest absolute Gasteiger partial charge is 0.386 e. The van der Waals surface area contributed by atoms with E-state index in [1.807, 2.05) is 0 Å². The van der Waals surface area contributed by atoms with Gasteiger partial charge in [0.2, 0.25) is 0 Å². The van der Waals surface area contributed by atoms with Crippen LogP contribution in [0.4, 0.5) is 0 Å². The lowest BCUT2D eigenvalue weighted by Crippen LogP contribution is -2.13. The Morgan fingerprint density at radius 2 is 0.892 bits per heavy atom. The fourth-order valence-electron chi connectivity index (χ4n) is 4.25. The molecular formula is C30H18O7. The fraction of sp³-hybridized carbons (Fsp3) is 0.0333. The van der Waals surface area contributed by atoms with Gasteiger partial charge in [0.1, 0.15) is 6.29 Å². The first-order chi connectivity index (χ1) is 18.0. The summed E-state index contributed by atoms with van der Waals surface area (Å²) in [7, 11) is 0. The second-order valence-corrected chi connectivity index (χ2v) is 8.30. The summed E-state index contributed by atoms with van der Waals surface area (Å²) >= 11 is 0. The molecule has 0 saturated heterocycles. The highest BCUT2D eigenvalue weighted by atomic mass is 16.6. The molecule has 0 saturated carbocycles. The minimum atomic E-state index is -0.846. The Balaban J connectivity index is 1.38. The van der Waals surface area contributed by atoms with E-state index in [9.17, 15) is 24.0 Å². The van der Waals surface area contributed by atoms with Gasteiger partial charge < -0.3 is 14.3 Å². The third-order valence-corrected chi connectivity index (χ3v) is 6.06. The van der Waals surface area contributed by atoms with Crippen molar-refractivity contribution in [3.8, 4) is 11.1 Å². The molecule has 0 N–H and O–H groups in total. The number of aldehydes is 1. The summed E-state index contributed by atoms with van der Waals surface area (Å²) in [6, 6.07) is 25.6. The van der Waals surface area contributed by atoms with Gasteiger partial charge in [0, 0.05) is 0 Å². The van der Waals surface area contributed by atoms with Gasteiger partial charge >= 0.3 is 23.9 Å². The Kier molecular flexibility index (Phi) is 6.26. The Labute approximate surface area is 211 Å². The Bertz CT molecular complexity index is 1440. The van der Waals surface area contributed by atoms with Crippen LogP contribution in [0.25, 0.3) is 11.1 Å². The lowest BCUT2D eigenvalue weighted by atomic mass is 9.96. The molecule has 0 atom stereocenters. The summed E-state index contributed by atoms with van der Waals surface area (Å²) in [5, 5.41) is 0. The van der Waals surface area contributed by atoms with Crippen molar-refractivity contribution in [2.75, 3.05) is 0 Å². The monoisotopic (exact) mass is 490 g/mol. The highest BCUT2D eigenvalue weighted by molar-refractivity contribution is 6.05.